The number of methoxy groups -OCH3 is 1. The van der Waals surface area contributed by atoms with Crippen molar-refractivity contribution in [3.63, 3.8) is 0 Å². The highest BCUT2D eigenvalue weighted by Crippen LogP contribution is 2.26. The molecule has 1 heterocycles. The Morgan fingerprint density at radius 3 is 2.68 bits per heavy atom. The quantitative estimate of drug-likeness (QED) is 0.892. The van der Waals surface area contributed by atoms with E-state index in [1.165, 1.54) is 11.1 Å². The van der Waals surface area contributed by atoms with Crippen molar-refractivity contribution >= 4 is 0 Å². The van der Waals surface area contributed by atoms with Crippen molar-refractivity contribution in [1.82, 2.24) is 10.3 Å². The Balaban J connectivity index is 2.28. The minimum Gasteiger partial charge on any atom is -0.496 e. The molecule has 0 bridgehead atoms. The van der Waals surface area contributed by atoms with Gasteiger partial charge in [-0.05, 0) is 48.4 Å². The van der Waals surface area contributed by atoms with Crippen LogP contribution in [0.25, 0.3) is 11.1 Å². The van der Waals surface area contributed by atoms with Crippen LogP contribution < -0.4 is 10.1 Å². The number of ether oxygens (including phenoxy) is 1. The zero-order chi connectivity index (χ0) is 13.7. The number of benzene rings is 1. The molecular weight excluding hydrogens is 236 g/mol. The molecule has 100 valence electrons. The summed E-state index contributed by atoms with van der Waals surface area (Å²) in [5, 5.41) is 3.31. The van der Waals surface area contributed by atoms with Crippen molar-refractivity contribution in [2.75, 3.05) is 13.7 Å². The van der Waals surface area contributed by atoms with Crippen LogP contribution in [0, 0.1) is 6.92 Å². The van der Waals surface area contributed by atoms with Gasteiger partial charge in [-0.15, -0.1) is 0 Å². The monoisotopic (exact) mass is 256 g/mol. The predicted octanol–water partition coefficient (Wildman–Crippen LogP) is 3.18. The van der Waals surface area contributed by atoms with E-state index in [9.17, 15) is 0 Å². The number of nitrogens with one attached hydrogen (secondary N) is 1. The topological polar surface area (TPSA) is 34.2 Å². The lowest BCUT2D eigenvalue weighted by Crippen LogP contribution is -2.11. The molecule has 1 aromatic carbocycles. The zero-order valence-corrected chi connectivity index (χ0v) is 11.7. The highest BCUT2D eigenvalue weighted by molar-refractivity contribution is 5.65. The molecule has 1 aromatic heterocycles. The molecule has 0 aliphatic heterocycles. The Morgan fingerprint density at radius 2 is 2.00 bits per heavy atom. The number of pyridine rings is 1. The average molecular weight is 256 g/mol. The zero-order valence-electron chi connectivity index (χ0n) is 11.7. The summed E-state index contributed by atoms with van der Waals surface area (Å²) in [6.45, 7) is 5.97. The summed E-state index contributed by atoms with van der Waals surface area (Å²) in [5.74, 6) is 0.917. The van der Waals surface area contributed by atoms with Crippen LogP contribution in [0.3, 0.4) is 0 Å². The van der Waals surface area contributed by atoms with Crippen molar-refractivity contribution in [3.8, 4) is 16.9 Å². The van der Waals surface area contributed by atoms with Crippen LogP contribution in [0.1, 0.15) is 18.1 Å². The highest BCUT2D eigenvalue weighted by Gasteiger charge is 2.03. The van der Waals surface area contributed by atoms with Gasteiger partial charge in [-0.2, -0.15) is 0 Å². The van der Waals surface area contributed by atoms with E-state index in [1.54, 1.807) is 7.11 Å². The fourth-order valence-electron chi connectivity index (χ4n) is 2.07. The van der Waals surface area contributed by atoms with E-state index in [-0.39, 0.29) is 0 Å². The van der Waals surface area contributed by atoms with Gasteiger partial charge in [0.1, 0.15) is 5.75 Å². The Hall–Kier alpha value is -1.87. The van der Waals surface area contributed by atoms with Crippen LogP contribution in [0.4, 0.5) is 0 Å². The molecule has 1 N–H and O–H groups in total. The first-order chi connectivity index (χ1) is 9.24. The van der Waals surface area contributed by atoms with Gasteiger partial charge in [0, 0.05) is 24.5 Å². The number of hydrogen-bond acceptors (Lipinski definition) is 3. The molecule has 0 aliphatic carbocycles. The van der Waals surface area contributed by atoms with Crippen molar-refractivity contribution in [1.29, 1.82) is 0 Å². The molecule has 0 atom stereocenters. The third-order valence-corrected chi connectivity index (χ3v) is 3.10. The SMILES string of the molecule is CCNCc1cncc(-c2ccc(OC)c(C)c2)c1. The Morgan fingerprint density at radius 1 is 1.16 bits per heavy atom. The number of nitrogens with zero attached hydrogens (tertiary/aromatic N) is 1. The Labute approximate surface area is 114 Å². The van der Waals surface area contributed by atoms with Crippen LogP contribution in [-0.4, -0.2) is 18.6 Å². The number of hydrogen-bond donors (Lipinski definition) is 1. The van der Waals surface area contributed by atoms with Crippen molar-refractivity contribution in [3.05, 3.63) is 47.8 Å². The Kier molecular flexibility index (Phi) is 4.53. The predicted molar refractivity (Wildman–Crippen MR) is 78.3 cm³/mol. The van der Waals surface area contributed by atoms with Gasteiger partial charge in [-0.1, -0.05) is 13.0 Å². The molecule has 0 saturated carbocycles. The number of aryl methyl sites for hydroxylation is 1. The smallest absolute Gasteiger partial charge is 0.121 e. The van der Waals surface area contributed by atoms with Gasteiger partial charge >= 0.3 is 0 Å². The highest BCUT2D eigenvalue weighted by atomic mass is 16.5. The van der Waals surface area contributed by atoms with Gasteiger partial charge in [0.15, 0.2) is 0 Å². The first kappa shape index (κ1) is 13.6. The fraction of sp³-hybridized carbons (Fsp3) is 0.312. The maximum absolute atomic E-state index is 5.29. The molecule has 3 heteroatoms. The van der Waals surface area contributed by atoms with Gasteiger partial charge in [-0.3, -0.25) is 4.98 Å². The van der Waals surface area contributed by atoms with Crippen LogP contribution >= 0.6 is 0 Å². The molecule has 0 unspecified atom stereocenters. The van der Waals surface area contributed by atoms with Crippen molar-refractivity contribution in [2.24, 2.45) is 0 Å². The fourth-order valence-corrected chi connectivity index (χ4v) is 2.07. The van der Waals surface area contributed by atoms with E-state index >= 15 is 0 Å². The van der Waals surface area contributed by atoms with Crippen LogP contribution in [0.2, 0.25) is 0 Å². The van der Waals surface area contributed by atoms with Gasteiger partial charge in [0.2, 0.25) is 0 Å². The lowest BCUT2D eigenvalue weighted by Gasteiger charge is -2.09. The summed E-state index contributed by atoms with van der Waals surface area (Å²) in [4.78, 5) is 4.31. The van der Waals surface area contributed by atoms with Gasteiger partial charge in [0.25, 0.3) is 0 Å². The summed E-state index contributed by atoms with van der Waals surface area (Å²) in [5.41, 5.74) is 4.65. The molecule has 0 fully saturated rings. The largest absolute Gasteiger partial charge is 0.496 e. The van der Waals surface area contributed by atoms with E-state index in [1.807, 2.05) is 18.5 Å². The summed E-state index contributed by atoms with van der Waals surface area (Å²) in [6, 6.07) is 8.38. The molecule has 0 saturated heterocycles. The third-order valence-electron chi connectivity index (χ3n) is 3.10. The molecule has 0 amide bonds. The third kappa shape index (κ3) is 3.32. The minimum atomic E-state index is 0.854. The van der Waals surface area contributed by atoms with Crippen LogP contribution in [0.15, 0.2) is 36.7 Å². The normalized spacial score (nSPS) is 10.5. The summed E-state index contributed by atoms with van der Waals surface area (Å²) < 4.78 is 5.29. The van der Waals surface area contributed by atoms with Crippen molar-refractivity contribution in [2.45, 2.75) is 20.4 Å². The Bertz CT molecular complexity index is 552. The van der Waals surface area contributed by atoms with E-state index in [0.717, 1.165) is 30.0 Å². The second-order valence-electron chi connectivity index (χ2n) is 4.55. The van der Waals surface area contributed by atoms with E-state index in [2.05, 4.69) is 42.3 Å². The molecule has 0 radical (unpaired) electrons. The summed E-state index contributed by atoms with van der Waals surface area (Å²) >= 11 is 0. The first-order valence-corrected chi connectivity index (χ1v) is 6.54. The standard InChI is InChI=1S/C16H20N2O/c1-4-17-9-13-8-15(11-18-10-13)14-5-6-16(19-3)12(2)7-14/h5-8,10-11,17H,4,9H2,1-3H3. The number of aromatic nitrogens is 1. The maximum Gasteiger partial charge on any atom is 0.121 e. The lowest BCUT2D eigenvalue weighted by atomic mass is 10.0. The van der Waals surface area contributed by atoms with Crippen molar-refractivity contribution < 1.29 is 4.74 Å². The van der Waals surface area contributed by atoms with Gasteiger partial charge in [0.05, 0.1) is 7.11 Å². The molecule has 2 aromatic rings. The van der Waals surface area contributed by atoms with Crippen LogP contribution in [0.5, 0.6) is 5.75 Å². The molecule has 0 aliphatic rings. The van der Waals surface area contributed by atoms with Gasteiger partial charge < -0.3 is 10.1 Å². The summed E-state index contributed by atoms with van der Waals surface area (Å²) in [6.07, 6.45) is 3.80. The minimum absolute atomic E-state index is 0.854. The molecule has 3 nitrogen and oxygen atoms in total. The van der Waals surface area contributed by atoms with Gasteiger partial charge in [-0.25, -0.2) is 0 Å². The average Bonchev–Trinajstić information content (AvgIpc) is 2.45. The van der Waals surface area contributed by atoms with E-state index < -0.39 is 0 Å². The molecule has 0 spiro atoms. The molecular formula is C16H20N2O. The van der Waals surface area contributed by atoms with Crippen LogP contribution in [-0.2, 0) is 6.54 Å². The maximum atomic E-state index is 5.29. The molecule has 2 rings (SSSR count). The van der Waals surface area contributed by atoms with E-state index in [0.29, 0.717) is 0 Å². The summed E-state index contributed by atoms with van der Waals surface area (Å²) in [7, 11) is 1.70. The second kappa shape index (κ2) is 6.34. The first-order valence-electron chi connectivity index (χ1n) is 6.54. The second-order valence-corrected chi connectivity index (χ2v) is 4.55. The molecule has 19 heavy (non-hydrogen) atoms. The lowest BCUT2D eigenvalue weighted by molar-refractivity contribution is 0.412. The van der Waals surface area contributed by atoms with E-state index in [4.69, 9.17) is 4.74 Å². The number of rotatable bonds is 5.